The Kier molecular flexibility index (Phi) is 4.68. The highest BCUT2D eigenvalue weighted by atomic mass is 16.5. The molecular weight excluding hydrogens is 262 g/mol. The molecule has 0 aliphatic heterocycles. The van der Waals surface area contributed by atoms with Crippen molar-refractivity contribution in [1.29, 1.82) is 0 Å². The molecule has 0 aliphatic rings. The third kappa shape index (κ3) is 3.27. The minimum atomic E-state index is 0.133. The van der Waals surface area contributed by atoms with Crippen molar-refractivity contribution in [3.05, 3.63) is 40.6 Å². The van der Waals surface area contributed by atoms with Gasteiger partial charge in [0.2, 0.25) is 5.88 Å². The van der Waals surface area contributed by atoms with Crippen LogP contribution in [-0.4, -0.2) is 15.8 Å². The Labute approximate surface area is 126 Å². The average Bonchev–Trinajstić information content (AvgIpc) is 2.70. The maximum absolute atomic E-state index is 6.16. The predicted molar refractivity (Wildman–Crippen MR) is 85.9 cm³/mol. The number of aryl methyl sites for hydroxylation is 3. The van der Waals surface area contributed by atoms with Gasteiger partial charge in [-0.25, -0.2) is 4.68 Å². The largest absolute Gasteiger partial charge is 0.439 e. The monoisotopic (exact) mass is 287 g/mol. The molecule has 0 saturated carbocycles. The predicted octanol–water partition coefficient (Wildman–Crippen LogP) is 3.42. The number of hydrogen-bond donors (Lipinski definition) is 1. The lowest BCUT2D eigenvalue weighted by atomic mass is 10.1. The highest BCUT2D eigenvalue weighted by Crippen LogP contribution is 2.31. The van der Waals surface area contributed by atoms with E-state index in [1.807, 2.05) is 26.1 Å². The SMILES string of the molecule is CCC(N)Cc1c(C)nn(C)c1Oc1cccc(C)c1C. The van der Waals surface area contributed by atoms with Gasteiger partial charge in [0.15, 0.2) is 0 Å². The van der Waals surface area contributed by atoms with Crippen molar-refractivity contribution >= 4 is 0 Å². The molecule has 0 spiro atoms. The lowest BCUT2D eigenvalue weighted by molar-refractivity contribution is 0.420. The van der Waals surface area contributed by atoms with Gasteiger partial charge in [-0.05, 0) is 50.8 Å². The number of hydrogen-bond acceptors (Lipinski definition) is 3. The van der Waals surface area contributed by atoms with E-state index < -0.39 is 0 Å². The lowest BCUT2D eigenvalue weighted by Gasteiger charge is -2.14. The summed E-state index contributed by atoms with van der Waals surface area (Å²) in [6, 6.07) is 6.23. The van der Waals surface area contributed by atoms with E-state index in [4.69, 9.17) is 10.5 Å². The maximum Gasteiger partial charge on any atom is 0.221 e. The zero-order chi connectivity index (χ0) is 15.6. The third-order valence-corrected chi connectivity index (χ3v) is 4.04. The second kappa shape index (κ2) is 6.31. The molecule has 0 saturated heterocycles. The van der Waals surface area contributed by atoms with Crippen molar-refractivity contribution in [2.24, 2.45) is 12.8 Å². The van der Waals surface area contributed by atoms with Crippen LogP contribution in [0.4, 0.5) is 0 Å². The van der Waals surface area contributed by atoms with Gasteiger partial charge in [0.1, 0.15) is 5.75 Å². The summed E-state index contributed by atoms with van der Waals surface area (Å²) in [5.74, 6) is 1.68. The molecule has 2 N–H and O–H groups in total. The van der Waals surface area contributed by atoms with Crippen LogP contribution in [0, 0.1) is 20.8 Å². The Morgan fingerprint density at radius 1 is 1.29 bits per heavy atom. The Morgan fingerprint density at radius 3 is 2.67 bits per heavy atom. The van der Waals surface area contributed by atoms with Gasteiger partial charge in [-0.2, -0.15) is 5.10 Å². The molecule has 4 nitrogen and oxygen atoms in total. The molecule has 114 valence electrons. The number of rotatable bonds is 5. The molecule has 0 amide bonds. The molecule has 1 aromatic carbocycles. The van der Waals surface area contributed by atoms with E-state index in [1.165, 1.54) is 5.56 Å². The van der Waals surface area contributed by atoms with Crippen LogP contribution in [0.15, 0.2) is 18.2 Å². The fourth-order valence-electron chi connectivity index (χ4n) is 2.39. The standard InChI is InChI=1S/C17H25N3O/c1-6-14(18)10-15-13(4)19-20(5)17(15)21-16-9-7-8-11(2)12(16)3/h7-9,14H,6,10,18H2,1-5H3. The number of ether oxygens (including phenoxy) is 1. The van der Waals surface area contributed by atoms with Crippen molar-refractivity contribution < 1.29 is 4.74 Å². The average molecular weight is 287 g/mol. The summed E-state index contributed by atoms with van der Waals surface area (Å²) >= 11 is 0. The van der Waals surface area contributed by atoms with Crippen LogP contribution >= 0.6 is 0 Å². The first-order chi connectivity index (χ1) is 9.93. The van der Waals surface area contributed by atoms with Crippen LogP contribution in [0.2, 0.25) is 0 Å². The van der Waals surface area contributed by atoms with Crippen LogP contribution in [-0.2, 0) is 13.5 Å². The molecule has 1 aromatic heterocycles. The summed E-state index contributed by atoms with van der Waals surface area (Å²) in [7, 11) is 1.91. The van der Waals surface area contributed by atoms with Crippen molar-refractivity contribution in [1.82, 2.24) is 9.78 Å². The van der Waals surface area contributed by atoms with Crippen LogP contribution in [0.3, 0.4) is 0 Å². The van der Waals surface area contributed by atoms with Crippen molar-refractivity contribution in [3.8, 4) is 11.6 Å². The molecule has 0 aliphatic carbocycles. The van der Waals surface area contributed by atoms with E-state index in [2.05, 4.69) is 31.9 Å². The fourth-order valence-corrected chi connectivity index (χ4v) is 2.39. The van der Waals surface area contributed by atoms with E-state index in [0.29, 0.717) is 0 Å². The summed E-state index contributed by atoms with van der Waals surface area (Å²) < 4.78 is 7.96. The first-order valence-corrected chi connectivity index (χ1v) is 7.46. The highest BCUT2D eigenvalue weighted by molar-refractivity contribution is 5.42. The summed E-state index contributed by atoms with van der Waals surface area (Å²) in [5.41, 5.74) is 10.6. The molecule has 0 bridgehead atoms. The topological polar surface area (TPSA) is 53.1 Å². The van der Waals surface area contributed by atoms with Gasteiger partial charge in [-0.15, -0.1) is 0 Å². The van der Waals surface area contributed by atoms with Gasteiger partial charge in [0, 0.05) is 18.7 Å². The van der Waals surface area contributed by atoms with Crippen LogP contribution in [0.25, 0.3) is 0 Å². The van der Waals surface area contributed by atoms with Crippen LogP contribution in [0.1, 0.15) is 35.7 Å². The minimum absolute atomic E-state index is 0.133. The summed E-state index contributed by atoms with van der Waals surface area (Å²) in [4.78, 5) is 0. The molecule has 0 fully saturated rings. The quantitative estimate of drug-likeness (QED) is 0.916. The smallest absolute Gasteiger partial charge is 0.221 e. The van der Waals surface area contributed by atoms with E-state index in [1.54, 1.807) is 4.68 Å². The maximum atomic E-state index is 6.16. The van der Waals surface area contributed by atoms with Crippen molar-refractivity contribution in [3.63, 3.8) is 0 Å². The van der Waals surface area contributed by atoms with Gasteiger partial charge < -0.3 is 10.5 Å². The zero-order valence-corrected chi connectivity index (χ0v) is 13.6. The molecule has 0 radical (unpaired) electrons. The first kappa shape index (κ1) is 15.6. The van der Waals surface area contributed by atoms with Crippen LogP contribution in [0.5, 0.6) is 11.6 Å². The summed E-state index contributed by atoms with van der Waals surface area (Å²) in [6.45, 7) is 8.27. The van der Waals surface area contributed by atoms with Gasteiger partial charge in [0.25, 0.3) is 0 Å². The number of nitrogens with two attached hydrogens (primary N) is 1. The molecular formula is C17H25N3O. The Bertz CT molecular complexity index is 631. The number of nitrogens with zero attached hydrogens (tertiary/aromatic N) is 2. The minimum Gasteiger partial charge on any atom is -0.439 e. The molecule has 2 rings (SSSR count). The van der Waals surface area contributed by atoms with Crippen molar-refractivity contribution in [2.45, 2.75) is 46.6 Å². The van der Waals surface area contributed by atoms with Crippen molar-refractivity contribution in [2.75, 3.05) is 0 Å². The van der Waals surface area contributed by atoms with E-state index in [9.17, 15) is 0 Å². The van der Waals surface area contributed by atoms with Gasteiger partial charge in [-0.3, -0.25) is 0 Å². The summed E-state index contributed by atoms with van der Waals surface area (Å²) in [6.07, 6.45) is 1.73. The lowest BCUT2D eigenvalue weighted by Crippen LogP contribution is -2.21. The molecule has 2 aromatic rings. The molecule has 21 heavy (non-hydrogen) atoms. The number of aromatic nitrogens is 2. The first-order valence-electron chi connectivity index (χ1n) is 7.46. The Balaban J connectivity index is 2.37. The second-order valence-electron chi connectivity index (χ2n) is 5.67. The Hall–Kier alpha value is -1.81. The summed E-state index contributed by atoms with van der Waals surface area (Å²) in [5, 5.41) is 4.48. The molecule has 4 heteroatoms. The molecule has 1 heterocycles. The van der Waals surface area contributed by atoms with E-state index >= 15 is 0 Å². The van der Waals surface area contributed by atoms with Gasteiger partial charge >= 0.3 is 0 Å². The second-order valence-corrected chi connectivity index (χ2v) is 5.67. The number of benzene rings is 1. The Morgan fingerprint density at radius 2 is 2.00 bits per heavy atom. The van der Waals surface area contributed by atoms with Gasteiger partial charge in [0.05, 0.1) is 5.69 Å². The fraction of sp³-hybridized carbons (Fsp3) is 0.471. The highest BCUT2D eigenvalue weighted by Gasteiger charge is 2.18. The van der Waals surface area contributed by atoms with E-state index in [0.717, 1.165) is 41.3 Å². The van der Waals surface area contributed by atoms with Gasteiger partial charge in [-0.1, -0.05) is 19.1 Å². The van der Waals surface area contributed by atoms with E-state index in [-0.39, 0.29) is 6.04 Å². The normalized spacial score (nSPS) is 12.5. The molecule has 1 unspecified atom stereocenters. The molecule has 1 atom stereocenters. The zero-order valence-electron chi connectivity index (χ0n) is 13.6. The van der Waals surface area contributed by atoms with Crippen LogP contribution < -0.4 is 10.5 Å². The third-order valence-electron chi connectivity index (χ3n) is 4.04.